The third-order valence-corrected chi connectivity index (χ3v) is 4.41. The van der Waals surface area contributed by atoms with Gasteiger partial charge in [0.2, 0.25) is 0 Å². The van der Waals surface area contributed by atoms with E-state index in [0.717, 1.165) is 19.0 Å². The van der Waals surface area contributed by atoms with E-state index in [1.165, 1.54) is 32.2 Å². The van der Waals surface area contributed by atoms with E-state index in [1.54, 1.807) is 0 Å². The van der Waals surface area contributed by atoms with Gasteiger partial charge in [0.15, 0.2) is 0 Å². The Morgan fingerprint density at radius 1 is 1.05 bits per heavy atom. The van der Waals surface area contributed by atoms with Crippen LogP contribution < -0.4 is 5.32 Å². The fourth-order valence-electron chi connectivity index (χ4n) is 2.87. The van der Waals surface area contributed by atoms with Gasteiger partial charge in [-0.25, -0.2) is 0 Å². The Morgan fingerprint density at radius 3 is 2.25 bits per heavy atom. The van der Waals surface area contributed by atoms with E-state index in [1.807, 2.05) is 0 Å². The number of hydrogen-bond donors (Lipinski definition) is 1. The van der Waals surface area contributed by atoms with Crippen LogP contribution in [0.15, 0.2) is 0 Å². The van der Waals surface area contributed by atoms with Crippen LogP contribution in [-0.2, 0) is 4.74 Å². The molecule has 0 radical (unpaired) electrons. The van der Waals surface area contributed by atoms with Crippen molar-refractivity contribution in [3.05, 3.63) is 0 Å². The first-order chi connectivity index (χ1) is 9.33. The van der Waals surface area contributed by atoms with E-state index >= 15 is 0 Å². The van der Waals surface area contributed by atoms with Gasteiger partial charge in [-0.3, -0.25) is 4.90 Å². The van der Waals surface area contributed by atoms with Crippen molar-refractivity contribution in [2.75, 3.05) is 19.6 Å². The van der Waals surface area contributed by atoms with Crippen LogP contribution in [0.4, 0.5) is 0 Å². The van der Waals surface area contributed by atoms with Crippen LogP contribution in [0.25, 0.3) is 0 Å². The maximum atomic E-state index is 6.24. The number of hydrogen-bond acceptors (Lipinski definition) is 3. The quantitative estimate of drug-likeness (QED) is 0.777. The first-order valence-corrected chi connectivity index (χ1v) is 8.48. The molecule has 1 saturated carbocycles. The first kappa shape index (κ1) is 16.3. The van der Waals surface area contributed by atoms with Crippen molar-refractivity contribution < 1.29 is 4.74 Å². The fraction of sp³-hybridized carbons (Fsp3) is 1.00. The van der Waals surface area contributed by atoms with E-state index in [4.69, 9.17) is 4.74 Å². The van der Waals surface area contributed by atoms with E-state index in [9.17, 15) is 0 Å². The average molecular weight is 282 g/mol. The molecule has 2 fully saturated rings. The van der Waals surface area contributed by atoms with Crippen molar-refractivity contribution in [3.63, 3.8) is 0 Å². The zero-order chi connectivity index (χ0) is 14.8. The summed E-state index contributed by atoms with van der Waals surface area (Å²) in [5.74, 6) is 0.970. The largest absolute Gasteiger partial charge is 0.372 e. The molecule has 0 bridgehead atoms. The summed E-state index contributed by atoms with van der Waals surface area (Å²) in [6, 6.07) is 0.644. The predicted molar refractivity (Wildman–Crippen MR) is 85.1 cm³/mol. The Kier molecular flexibility index (Phi) is 5.49. The summed E-state index contributed by atoms with van der Waals surface area (Å²) >= 11 is 0. The lowest BCUT2D eigenvalue weighted by Gasteiger charge is -2.29. The highest BCUT2D eigenvalue weighted by Crippen LogP contribution is 2.31. The van der Waals surface area contributed by atoms with Crippen molar-refractivity contribution >= 4 is 0 Å². The Bertz CT molecular complexity index is 294. The van der Waals surface area contributed by atoms with E-state index in [-0.39, 0.29) is 5.54 Å². The zero-order valence-corrected chi connectivity index (χ0v) is 14.1. The molecule has 0 aromatic rings. The van der Waals surface area contributed by atoms with Gasteiger partial charge in [-0.05, 0) is 66.2 Å². The summed E-state index contributed by atoms with van der Waals surface area (Å²) in [6.07, 6.45) is 6.17. The summed E-state index contributed by atoms with van der Waals surface area (Å²) in [7, 11) is 0. The molecule has 0 amide bonds. The second-order valence-corrected chi connectivity index (χ2v) is 8.08. The topological polar surface area (TPSA) is 24.5 Å². The predicted octanol–water partition coefficient (Wildman–Crippen LogP) is 3.04. The van der Waals surface area contributed by atoms with Crippen molar-refractivity contribution in [2.45, 2.75) is 84.1 Å². The third kappa shape index (κ3) is 5.71. The Labute approximate surface area is 125 Å². The van der Waals surface area contributed by atoms with E-state index in [2.05, 4.69) is 44.8 Å². The highest BCUT2D eigenvalue weighted by Gasteiger charge is 2.31. The van der Waals surface area contributed by atoms with E-state index < -0.39 is 0 Å². The van der Waals surface area contributed by atoms with Gasteiger partial charge in [0, 0.05) is 31.2 Å². The van der Waals surface area contributed by atoms with Crippen molar-refractivity contribution in [3.8, 4) is 0 Å². The first-order valence-electron chi connectivity index (χ1n) is 8.48. The molecule has 1 saturated heterocycles. The Hall–Kier alpha value is -0.120. The molecule has 1 N–H and O–H groups in total. The van der Waals surface area contributed by atoms with Gasteiger partial charge >= 0.3 is 0 Å². The Morgan fingerprint density at radius 2 is 1.70 bits per heavy atom. The standard InChI is InChI=1S/C17H34N2O/c1-13(2)19(11-14-6-7-14)12-16-9-8-15(20-16)10-18-17(3,4)5/h13-16,18H,6-12H2,1-5H3. The molecule has 1 aliphatic heterocycles. The van der Waals surface area contributed by atoms with Gasteiger partial charge in [-0.2, -0.15) is 0 Å². The normalized spacial score (nSPS) is 27.8. The molecule has 118 valence electrons. The SMILES string of the molecule is CC(C)N(CC1CC1)CC1CCC(CNC(C)(C)C)O1. The van der Waals surface area contributed by atoms with Crippen LogP contribution in [0, 0.1) is 5.92 Å². The van der Waals surface area contributed by atoms with Crippen molar-refractivity contribution in [1.29, 1.82) is 0 Å². The van der Waals surface area contributed by atoms with Gasteiger partial charge in [0.25, 0.3) is 0 Å². The van der Waals surface area contributed by atoms with Crippen LogP contribution in [0.5, 0.6) is 0 Å². The van der Waals surface area contributed by atoms with Gasteiger partial charge in [0.05, 0.1) is 12.2 Å². The lowest BCUT2D eigenvalue weighted by molar-refractivity contribution is 0.0140. The second-order valence-electron chi connectivity index (χ2n) is 8.08. The highest BCUT2D eigenvalue weighted by molar-refractivity contribution is 4.84. The molecule has 20 heavy (non-hydrogen) atoms. The van der Waals surface area contributed by atoms with Gasteiger partial charge in [0.1, 0.15) is 0 Å². The van der Waals surface area contributed by atoms with Crippen LogP contribution >= 0.6 is 0 Å². The maximum Gasteiger partial charge on any atom is 0.0707 e. The zero-order valence-electron chi connectivity index (χ0n) is 14.1. The molecular formula is C17H34N2O. The maximum absolute atomic E-state index is 6.24. The number of nitrogens with zero attached hydrogens (tertiary/aromatic N) is 1. The minimum Gasteiger partial charge on any atom is -0.372 e. The molecule has 1 aliphatic carbocycles. The molecule has 3 nitrogen and oxygen atoms in total. The molecule has 2 aliphatic rings. The van der Waals surface area contributed by atoms with E-state index in [0.29, 0.717) is 18.2 Å². The summed E-state index contributed by atoms with van der Waals surface area (Å²) < 4.78 is 6.24. The molecule has 1 heterocycles. The molecule has 2 unspecified atom stereocenters. The number of nitrogens with one attached hydrogen (secondary N) is 1. The molecule has 2 atom stereocenters. The fourth-order valence-corrected chi connectivity index (χ4v) is 2.87. The number of rotatable bonds is 7. The minimum absolute atomic E-state index is 0.192. The van der Waals surface area contributed by atoms with Crippen molar-refractivity contribution in [1.82, 2.24) is 10.2 Å². The molecule has 2 rings (SSSR count). The molecule has 0 spiro atoms. The van der Waals surface area contributed by atoms with Crippen LogP contribution in [0.2, 0.25) is 0 Å². The smallest absolute Gasteiger partial charge is 0.0707 e. The average Bonchev–Trinajstić information content (AvgIpc) is 3.03. The van der Waals surface area contributed by atoms with Crippen LogP contribution in [-0.4, -0.2) is 48.3 Å². The summed E-state index contributed by atoms with van der Waals surface area (Å²) in [5, 5.41) is 3.56. The second kappa shape index (κ2) is 6.76. The third-order valence-electron chi connectivity index (χ3n) is 4.41. The van der Waals surface area contributed by atoms with Crippen LogP contribution in [0.3, 0.4) is 0 Å². The lowest BCUT2D eigenvalue weighted by atomic mass is 10.1. The highest BCUT2D eigenvalue weighted by atomic mass is 16.5. The van der Waals surface area contributed by atoms with Crippen molar-refractivity contribution in [2.24, 2.45) is 5.92 Å². The molecular weight excluding hydrogens is 248 g/mol. The monoisotopic (exact) mass is 282 g/mol. The summed E-state index contributed by atoms with van der Waals surface area (Å²) in [6.45, 7) is 14.7. The molecule has 0 aromatic heterocycles. The lowest BCUT2D eigenvalue weighted by Crippen LogP contribution is -2.42. The summed E-state index contributed by atoms with van der Waals surface area (Å²) in [4.78, 5) is 2.63. The van der Waals surface area contributed by atoms with Gasteiger partial charge in [-0.1, -0.05) is 0 Å². The number of ether oxygens (including phenoxy) is 1. The molecule has 0 aromatic carbocycles. The Balaban J connectivity index is 1.71. The van der Waals surface area contributed by atoms with Gasteiger partial charge in [-0.15, -0.1) is 0 Å². The summed E-state index contributed by atoms with van der Waals surface area (Å²) in [5.41, 5.74) is 0.192. The molecule has 3 heteroatoms. The van der Waals surface area contributed by atoms with Gasteiger partial charge < -0.3 is 10.1 Å². The van der Waals surface area contributed by atoms with Crippen LogP contribution in [0.1, 0.15) is 60.3 Å². The minimum atomic E-state index is 0.192.